The van der Waals surface area contributed by atoms with Crippen LogP contribution in [0, 0.1) is 0 Å². The highest BCUT2D eigenvalue weighted by Crippen LogP contribution is 2.25. The van der Waals surface area contributed by atoms with Crippen LogP contribution in [-0.4, -0.2) is 44.8 Å². The van der Waals surface area contributed by atoms with Crippen LogP contribution >= 0.6 is 0 Å². The monoisotopic (exact) mass is 348 g/mol. The van der Waals surface area contributed by atoms with Gasteiger partial charge in [-0.05, 0) is 30.3 Å². The summed E-state index contributed by atoms with van der Waals surface area (Å²) in [7, 11) is 3.93. The molecule has 0 atom stereocenters. The Morgan fingerprint density at radius 1 is 1.23 bits per heavy atom. The predicted octanol–water partition coefficient (Wildman–Crippen LogP) is 2.79. The molecule has 0 spiro atoms. The second kappa shape index (κ2) is 5.99. The Morgan fingerprint density at radius 3 is 2.85 bits per heavy atom. The van der Waals surface area contributed by atoms with Crippen LogP contribution in [0.25, 0.3) is 16.4 Å². The third-order valence-electron chi connectivity index (χ3n) is 4.05. The van der Waals surface area contributed by atoms with Crippen LogP contribution in [0.3, 0.4) is 0 Å². The minimum atomic E-state index is -1.09. The Bertz CT molecular complexity index is 1140. The highest BCUT2D eigenvalue weighted by Gasteiger charge is 2.15. The first-order valence-electron chi connectivity index (χ1n) is 7.94. The lowest BCUT2D eigenvalue weighted by atomic mass is 10.2. The molecule has 2 N–H and O–H groups in total. The van der Waals surface area contributed by atoms with E-state index in [9.17, 15) is 9.90 Å². The Kier molecular flexibility index (Phi) is 3.65. The molecule has 4 aromatic rings. The van der Waals surface area contributed by atoms with Crippen LogP contribution in [-0.2, 0) is 0 Å². The van der Waals surface area contributed by atoms with Gasteiger partial charge in [0.15, 0.2) is 5.69 Å². The minimum Gasteiger partial charge on any atom is -0.476 e. The number of hydrogen-bond acceptors (Lipinski definition) is 6. The predicted molar refractivity (Wildman–Crippen MR) is 99.3 cm³/mol. The van der Waals surface area contributed by atoms with Crippen molar-refractivity contribution < 1.29 is 9.90 Å². The van der Waals surface area contributed by atoms with Crippen molar-refractivity contribution in [2.75, 3.05) is 24.3 Å². The standard InChI is InChI=1S/C18H16N6O2/c1-23(2)12-5-3-4-11(8-12)20-18-21-14-6-7-19-10-13(14)16-9-15(17(25)26)22-24(16)18/h3-10H,1-2H3,(H,20,21)(H,25,26). The number of anilines is 3. The van der Waals surface area contributed by atoms with Crippen molar-refractivity contribution in [3.63, 3.8) is 0 Å². The van der Waals surface area contributed by atoms with Crippen LogP contribution in [0.2, 0.25) is 0 Å². The SMILES string of the molecule is CN(C)c1cccc(Nc2nc3ccncc3c3cc(C(=O)O)nn23)c1. The zero-order valence-corrected chi connectivity index (χ0v) is 14.2. The summed E-state index contributed by atoms with van der Waals surface area (Å²) in [6.07, 6.45) is 3.30. The number of carboxylic acid groups (broad SMARTS) is 1. The second-order valence-corrected chi connectivity index (χ2v) is 6.03. The van der Waals surface area contributed by atoms with Gasteiger partial charge >= 0.3 is 5.97 Å². The molecule has 3 heterocycles. The van der Waals surface area contributed by atoms with E-state index in [1.165, 1.54) is 10.6 Å². The van der Waals surface area contributed by atoms with Crippen molar-refractivity contribution in [2.24, 2.45) is 0 Å². The number of carboxylic acids is 1. The first-order valence-corrected chi connectivity index (χ1v) is 7.94. The van der Waals surface area contributed by atoms with Gasteiger partial charge in [-0.3, -0.25) is 4.98 Å². The Hall–Kier alpha value is -3.68. The highest BCUT2D eigenvalue weighted by molar-refractivity contribution is 5.97. The maximum atomic E-state index is 11.4. The molecule has 26 heavy (non-hydrogen) atoms. The van der Waals surface area contributed by atoms with E-state index in [1.54, 1.807) is 18.5 Å². The van der Waals surface area contributed by atoms with E-state index in [0.29, 0.717) is 17.0 Å². The maximum absolute atomic E-state index is 11.4. The lowest BCUT2D eigenvalue weighted by Gasteiger charge is -2.15. The number of aromatic nitrogens is 4. The largest absolute Gasteiger partial charge is 0.476 e. The molecule has 130 valence electrons. The van der Waals surface area contributed by atoms with Crippen LogP contribution in [0.15, 0.2) is 48.8 Å². The Labute approximate surface area is 148 Å². The molecule has 0 unspecified atom stereocenters. The number of nitrogens with zero attached hydrogens (tertiary/aromatic N) is 5. The summed E-state index contributed by atoms with van der Waals surface area (Å²) in [5, 5.41) is 17.4. The molecule has 0 aliphatic carbocycles. The van der Waals surface area contributed by atoms with Gasteiger partial charge in [-0.2, -0.15) is 9.61 Å². The van der Waals surface area contributed by atoms with Crippen LogP contribution < -0.4 is 10.2 Å². The van der Waals surface area contributed by atoms with Crippen LogP contribution in [0.4, 0.5) is 17.3 Å². The van der Waals surface area contributed by atoms with Gasteiger partial charge in [0, 0.05) is 43.3 Å². The summed E-state index contributed by atoms with van der Waals surface area (Å²) >= 11 is 0. The number of benzene rings is 1. The molecular weight excluding hydrogens is 332 g/mol. The van der Waals surface area contributed by atoms with Gasteiger partial charge in [0.2, 0.25) is 5.95 Å². The molecule has 4 rings (SSSR count). The molecule has 1 aromatic carbocycles. The number of rotatable bonds is 4. The van der Waals surface area contributed by atoms with Gasteiger partial charge in [0.05, 0.1) is 11.0 Å². The molecule has 0 aliphatic rings. The maximum Gasteiger partial charge on any atom is 0.356 e. The molecule has 0 saturated carbocycles. The first kappa shape index (κ1) is 15.8. The zero-order chi connectivity index (χ0) is 18.3. The normalized spacial score (nSPS) is 11.0. The number of pyridine rings is 1. The lowest BCUT2D eigenvalue weighted by molar-refractivity contribution is 0.0690. The second-order valence-electron chi connectivity index (χ2n) is 6.03. The number of carbonyl (C=O) groups is 1. The molecule has 0 aliphatic heterocycles. The van der Waals surface area contributed by atoms with Crippen molar-refractivity contribution >= 4 is 39.7 Å². The third kappa shape index (κ3) is 2.67. The minimum absolute atomic E-state index is 0.0479. The van der Waals surface area contributed by atoms with Gasteiger partial charge in [0.25, 0.3) is 0 Å². The number of nitrogens with one attached hydrogen (secondary N) is 1. The summed E-state index contributed by atoms with van der Waals surface area (Å²) in [4.78, 5) is 22.1. The van der Waals surface area contributed by atoms with Crippen molar-refractivity contribution in [3.8, 4) is 0 Å². The molecular formula is C18H16N6O2. The summed E-state index contributed by atoms with van der Waals surface area (Å²) in [6, 6.07) is 11.1. The molecule has 0 radical (unpaired) electrons. The molecule has 8 nitrogen and oxygen atoms in total. The van der Waals surface area contributed by atoms with E-state index in [1.807, 2.05) is 43.3 Å². The van der Waals surface area contributed by atoms with E-state index in [2.05, 4.69) is 20.4 Å². The Morgan fingerprint density at radius 2 is 2.08 bits per heavy atom. The van der Waals surface area contributed by atoms with E-state index in [4.69, 9.17) is 0 Å². The van der Waals surface area contributed by atoms with Crippen molar-refractivity contribution in [3.05, 3.63) is 54.5 Å². The fraction of sp³-hybridized carbons (Fsp3) is 0.111. The van der Waals surface area contributed by atoms with E-state index < -0.39 is 5.97 Å². The van der Waals surface area contributed by atoms with Crippen LogP contribution in [0.5, 0.6) is 0 Å². The molecule has 0 saturated heterocycles. The molecule has 8 heteroatoms. The first-order chi connectivity index (χ1) is 12.5. The summed E-state index contributed by atoms with van der Waals surface area (Å²) in [5.74, 6) is -0.659. The number of fused-ring (bicyclic) bond motifs is 3. The molecule has 0 amide bonds. The fourth-order valence-electron chi connectivity index (χ4n) is 2.75. The zero-order valence-electron chi connectivity index (χ0n) is 14.2. The quantitative estimate of drug-likeness (QED) is 0.585. The summed E-state index contributed by atoms with van der Waals surface area (Å²) in [5.41, 5.74) is 3.14. The Balaban J connectivity index is 1.90. The molecule has 3 aromatic heterocycles. The smallest absolute Gasteiger partial charge is 0.356 e. The average Bonchev–Trinajstić information content (AvgIpc) is 3.08. The third-order valence-corrected chi connectivity index (χ3v) is 4.05. The van der Waals surface area contributed by atoms with Gasteiger partial charge in [-0.25, -0.2) is 9.78 Å². The van der Waals surface area contributed by atoms with Gasteiger partial charge in [-0.1, -0.05) is 6.07 Å². The highest BCUT2D eigenvalue weighted by atomic mass is 16.4. The van der Waals surface area contributed by atoms with Gasteiger partial charge in [0.1, 0.15) is 0 Å². The van der Waals surface area contributed by atoms with E-state index >= 15 is 0 Å². The lowest BCUT2D eigenvalue weighted by Crippen LogP contribution is -2.09. The van der Waals surface area contributed by atoms with E-state index in [0.717, 1.165) is 16.8 Å². The van der Waals surface area contributed by atoms with Crippen molar-refractivity contribution in [2.45, 2.75) is 0 Å². The average molecular weight is 348 g/mol. The number of hydrogen-bond donors (Lipinski definition) is 2. The van der Waals surface area contributed by atoms with Crippen LogP contribution in [0.1, 0.15) is 10.5 Å². The fourth-order valence-corrected chi connectivity index (χ4v) is 2.75. The topological polar surface area (TPSA) is 95.6 Å². The summed E-state index contributed by atoms with van der Waals surface area (Å²) in [6.45, 7) is 0. The molecule has 0 fully saturated rings. The van der Waals surface area contributed by atoms with Gasteiger partial charge < -0.3 is 15.3 Å². The summed E-state index contributed by atoms with van der Waals surface area (Å²) < 4.78 is 1.50. The van der Waals surface area contributed by atoms with Gasteiger partial charge in [-0.15, -0.1) is 0 Å². The van der Waals surface area contributed by atoms with Crippen molar-refractivity contribution in [1.82, 2.24) is 19.6 Å². The number of aromatic carboxylic acids is 1. The van der Waals surface area contributed by atoms with Crippen molar-refractivity contribution in [1.29, 1.82) is 0 Å². The molecule has 0 bridgehead atoms. The van der Waals surface area contributed by atoms with E-state index in [-0.39, 0.29) is 5.69 Å².